The lowest BCUT2D eigenvalue weighted by Gasteiger charge is -2.53. The number of nitrogens with zero attached hydrogens (tertiary/aromatic N) is 3. The lowest BCUT2D eigenvalue weighted by atomic mass is 9.58. The molecule has 0 aliphatic heterocycles. The zero-order valence-corrected chi connectivity index (χ0v) is 10.4. The van der Waals surface area contributed by atoms with Gasteiger partial charge in [-0.3, -0.25) is 0 Å². The predicted octanol–water partition coefficient (Wildman–Crippen LogP) is 1.30. The fraction of sp³-hybridized carbons (Fsp3) is 0.917. The highest BCUT2D eigenvalue weighted by Gasteiger charge is 2.48. The van der Waals surface area contributed by atoms with Crippen molar-refractivity contribution < 1.29 is 0 Å². The predicted molar refractivity (Wildman–Crippen MR) is 64.4 cm³/mol. The fourth-order valence-electron chi connectivity index (χ4n) is 4.18. The van der Waals surface area contributed by atoms with Gasteiger partial charge >= 0.3 is 0 Å². The third-order valence-corrected chi connectivity index (χ3v) is 4.97. The van der Waals surface area contributed by atoms with Crippen molar-refractivity contribution in [3.63, 3.8) is 0 Å². The normalized spacial score (nSPS) is 37.0. The van der Waals surface area contributed by atoms with Crippen molar-refractivity contribution in [3.05, 3.63) is 5.82 Å². The van der Waals surface area contributed by atoms with Crippen molar-refractivity contribution in [3.8, 4) is 0 Å². The summed E-state index contributed by atoms with van der Waals surface area (Å²) in [6, 6.07) is 0. The van der Waals surface area contributed by atoms with Crippen LogP contribution in [0.5, 0.6) is 0 Å². The first-order valence-corrected chi connectivity index (χ1v) is 6.76. The molecule has 0 amide bonds. The van der Waals surface area contributed by atoms with Crippen molar-refractivity contribution in [1.82, 2.24) is 25.9 Å². The van der Waals surface area contributed by atoms with Crippen LogP contribution in [0.4, 0.5) is 0 Å². The number of hydrogen-bond donors (Lipinski definition) is 2. The van der Waals surface area contributed by atoms with Crippen LogP contribution in [0.2, 0.25) is 0 Å². The molecule has 0 atom stereocenters. The Morgan fingerprint density at radius 2 is 1.88 bits per heavy atom. The summed E-state index contributed by atoms with van der Waals surface area (Å²) in [5, 5.41) is 18.2. The second-order valence-electron chi connectivity index (χ2n) is 5.55. The molecule has 17 heavy (non-hydrogen) atoms. The van der Waals surface area contributed by atoms with E-state index in [1.54, 1.807) is 0 Å². The molecule has 94 valence electrons. The number of aromatic nitrogens is 4. The van der Waals surface area contributed by atoms with Crippen molar-refractivity contribution in [2.75, 3.05) is 7.05 Å². The molecule has 1 heterocycles. The average Bonchev–Trinajstić information content (AvgIpc) is 2.81. The van der Waals surface area contributed by atoms with Gasteiger partial charge in [0, 0.05) is 12.0 Å². The van der Waals surface area contributed by atoms with Crippen LogP contribution < -0.4 is 5.32 Å². The van der Waals surface area contributed by atoms with Crippen LogP contribution in [-0.2, 0) is 6.42 Å². The highest BCUT2D eigenvalue weighted by atomic mass is 15.5. The molecule has 1 aromatic heterocycles. The van der Waals surface area contributed by atoms with E-state index in [9.17, 15) is 0 Å². The lowest BCUT2D eigenvalue weighted by Crippen LogP contribution is -2.60. The zero-order chi connectivity index (χ0) is 11.7. The van der Waals surface area contributed by atoms with Crippen LogP contribution >= 0.6 is 0 Å². The first-order valence-electron chi connectivity index (χ1n) is 6.76. The van der Waals surface area contributed by atoms with Gasteiger partial charge < -0.3 is 5.32 Å². The van der Waals surface area contributed by atoms with Gasteiger partial charge in [0.2, 0.25) is 0 Å². The van der Waals surface area contributed by atoms with Gasteiger partial charge in [0.15, 0.2) is 5.82 Å². The van der Waals surface area contributed by atoms with Gasteiger partial charge in [-0.1, -0.05) is 18.1 Å². The van der Waals surface area contributed by atoms with Crippen LogP contribution in [0.3, 0.4) is 0 Å². The standard InChI is InChI=1S/C12H21N5/c1-13-12(8-11-14-16-17-15-11)9-4-2-5-10(12)7-3-6-9/h9-10,13H,2-8H2,1H3,(H,14,15,16,17). The highest BCUT2D eigenvalue weighted by molar-refractivity contribution is 5.08. The monoisotopic (exact) mass is 235 g/mol. The maximum atomic E-state index is 4.14. The number of rotatable bonds is 3. The van der Waals surface area contributed by atoms with Gasteiger partial charge in [-0.05, 0) is 44.6 Å². The molecule has 0 radical (unpaired) electrons. The molecular weight excluding hydrogens is 214 g/mol. The summed E-state index contributed by atoms with van der Waals surface area (Å²) in [5.41, 5.74) is 0.223. The summed E-state index contributed by atoms with van der Waals surface area (Å²) in [6.45, 7) is 0. The number of tetrazole rings is 1. The van der Waals surface area contributed by atoms with Crippen LogP contribution in [0, 0.1) is 11.8 Å². The Morgan fingerprint density at radius 3 is 2.35 bits per heavy atom. The highest BCUT2D eigenvalue weighted by Crippen LogP contribution is 2.48. The van der Waals surface area contributed by atoms with Crippen molar-refractivity contribution in [1.29, 1.82) is 0 Å². The van der Waals surface area contributed by atoms with Crippen LogP contribution in [0.15, 0.2) is 0 Å². The summed E-state index contributed by atoms with van der Waals surface area (Å²) < 4.78 is 0. The maximum Gasteiger partial charge on any atom is 0.176 e. The molecule has 0 aromatic carbocycles. The second-order valence-corrected chi connectivity index (χ2v) is 5.55. The maximum absolute atomic E-state index is 4.14. The van der Waals surface area contributed by atoms with E-state index < -0.39 is 0 Å². The number of nitrogens with one attached hydrogen (secondary N) is 2. The summed E-state index contributed by atoms with van der Waals surface area (Å²) in [6.07, 6.45) is 9.14. The summed E-state index contributed by atoms with van der Waals surface area (Å²) in [5.74, 6) is 2.44. The van der Waals surface area contributed by atoms with E-state index >= 15 is 0 Å². The van der Waals surface area contributed by atoms with E-state index in [1.165, 1.54) is 38.5 Å². The van der Waals surface area contributed by atoms with E-state index in [4.69, 9.17) is 0 Å². The summed E-state index contributed by atoms with van der Waals surface area (Å²) in [7, 11) is 2.11. The second kappa shape index (κ2) is 4.37. The van der Waals surface area contributed by atoms with E-state index in [2.05, 4.69) is 33.0 Å². The molecule has 0 saturated heterocycles. The summed E-state index contributed by atoms with van der Waals surface area (Å²) >= 11 is 0. The minimum Gasteiger partial charge on any atom is -0.313 e. The number of hydrogen-bond acceptors (Lipinski definition) is 4. The lowest BCUT2D eigenvalue weighted by molar-refractivity contribution is 0.0308. The fourth-order valence-corrected chi connectivity index (χ4v) is 4.18. The number of aromatic amines is 1. The van der Waals surface area contributed by atoms with Gasteiger partial charge in [0.25, 0.3) is 0 Å². The van der Waals surface area contributed by atoms with Gasteiger partial charge in [-0.2, -0.15) is 5.21 Å². The molecule has 1 aromatic rings. The largest absolute Gasteiger partial charge is 0.313 e. The van der Waals surface area contributed by atoms with Gasteiger partial charge in [0.05, 0.1) is 0 Å². The van der Waals surface area contributed by atoms with Crippen LogP contribution in [-0.4, -0.2) is 33.2 Å². The summed E-state index contributed by atoms with van der Waals surface area (Å²) in [4.78, 5) is 0. The smallest absolute Gasteiger partial charge is 0.176 e. The van der Waals surface area contributed by atoms with Gasteiger partial charge in [-0.25, -0.2) is 0 Å². The Labute approximate surface area is 102 Å². The molecule has 5 nitrogen and oxygen atoms in total. The molecule has 0 spiro atoms. The Bertz CT molecular complexity index is 339. The van der Waals surface area contributed by atoms with E-state index in [0.29, 0.717) is 0 Å². The number of likely N-dealkylation sites (N-methyl/N-ethyl adjacent to an activating group) is 1. The molecular formula is C12H21N5. The van der Waals surface area contributed by atoms with Crippen LogP contribution in [0.1, 0.15) is 44.3 Å². The Kier molecular flexibility index (Phi) is 2.86. The molecule has 2 aliphatic carbocycles. The Balaban J connectivity index is 1.88. The third-order valence-electron chi connectivity index (χ3n) is 4.97. The van der Waals surface area contributed by atoms with E-state index in [-0.39, 0.29) is 5.54 Å². The van der Waals surface area contributed by atoms with E-state index in [0.717, 1.165) is 24.1 Å². The Hall–Kier alpha value is -0.970. The number of H-pyrrole nitrogens is 1. The van der Waals surface area contributed by atoms with Crippen molar-refractivity contribution in [2.24, 2.45) is 11.8 Å². The third kappa shape index (κ3) is 1.76. The SMILES string of the molecule is CNC1(Cc2nn[nH]n2)C2CCCC1CCC2. The average molecular weight is 235 g/mol. The van der Waals surface area contributed by atoms with Gasteiger partial charge in [0.1, 0.15) is 0 Å². The minimum atomic E-state index is 0.223. The molecule has 2 aliphatic rings. The molecule has 2 bridgehead atoms. The quantitative estimate of drug-likeness (QED) is 0.828. The van der Waals surface area contributed by atoms with Gasteiger partial charge in [-0.15, -0.1) is 10.2 Å². The molecule has 3 rings (SSSR count). The molecule has 2 fully saturated rings. The Morgan fingerprint density at radius 1 is 1.24 bits per heavy atom. The van der Waals surface area contributed by atoms with Crippen molar-refractivity contribution in [2.45, 2.75) is 50.5 Å². The number of fused-ring (bicyclic) bond motifs is 2. The topological polar surface area (TPSA) is 66.5 Å². The molecule has 5 heteroatoms. The van der Waals surface area contributed by atoms with E-state index in [1.807, 2.05) is 0 Å². The minimum absolute atomic E-state index is 0.223. The first kappa shape index (κ1) is 11.1. The molecule has 2 saturated carbocycles. The zero-order valence-electron chi connectivity index (χ0n) is 10.4. The first-order chi connectivity index (χ1) is 8.35. The molecule has 0 unspecified atom stereocenters. The van der Waals surface area contributed by atoms with Crippen LogP contribution in [0.25, 0.3) is 0 Å². The molecule has 2 N–H and O–H groups in total. The van der Waals surface area contributed by atoms with Crippen molar-refractivity contribution >= 4 is 0 Å².